The number of nitrogens with zero attached hydrogens (tertiary/aromatic N) is 1. The van der Waals surface area contributed by atoms with Crippen LogP contribution in [0.1, 0.15) is 412 Å². The van der Waals surface area contributed by atoms with Crippen molar-refractivity contribution < 1.29 is 32.9 Å². The van der Waals surface area contributed by atoms with Crippen molar-refractivity contribution in [1.82, 2.24) is 5.32 Å². The van der Waals surface area contributed by atoms with Gasteiger partial charge in [-0.2, -0.15) is 0 Å². The molecule has 0 aromatic heterocycles. The Morgan fingerprint density at radius 3 is 0.893 bits per heavy atom. The minimum absolute atomic E-state index is 0.00312. The van der Waals surface area contributed by atoms with Gasteiger partial charge in [0.15, 0.2) is 0 Å². The number of carbonyl (C=O) groups excluding carboxylic acids is 1. The Labute approximate surface area is 526 Å². The Balaban J connectivity index is 3.97. The Kier molecular flexibility index (Phi) is 66.1. The van der Waals surface area contributed by atoms with Gasteiger partial charge >= 0.3 is 0 Å². The van der Waals surface area contributed by atoms with Crippen LogP contribution in [0.4, 0.5) is 0 Å². The zero-order chi connectivity index (χ0) is 61.2. The highest BCUT2D eigenvalue weighted by molar-refractivity contribution is 7.45. The lowest BCUT2D eigenvalue weighted by Crippen LogP contribution is -2.45. The standard InChI is InChI=1S/C75H151N2O6P/c1-6-8-10-12-14-16-18-20-22-24-26-28-30-32-34-36-38-40-42-44-46-48-50-52-54-56-58-60-62-64-66-68-74(78)73(72-83-84(80,81)82-71-70-77(3,4)5)76-75(79)69-67-65-63-61-59-57-55-53-51-49-47-45-43-41-39-37-35-33-31-29-27-25-23-21-19-17-15-13-11-9-7-2/h66,68,73-74,78H,6-65,67,69-72H2,1-5H3,(H-,76,79,80,81)/b68-66+. The molecule has 0 saturated carbocycles. The van der Waals surface area contributed by atoms with E-state index in [1.165, 1.54) is 353 Å². The molecule has 0 aliphatic carbocycles. The lowest BCUT2D eigenvalue weighted by atomic mass is 10.0. The number of phosphoric acid groups is 1. The van der Waals surface area contributed by atoms with E-state index in [9.17, 15) is 19.4 Å². The number of aliphatic hydroxyl groups excluding tert-OH is 1. The number of carbonyl (C=O) groups is 1. The van der Waals surface area contributed by atoms with Gasteiger partial charge in [-0.25, -0.2) is 0 Å². The molecule has 3 atom stereocenters. The van der Waals surface area contributed by atoms with Gasteiger partial charge in [0.05, 0.1) is 39.9 Å². The van der Waals surface area contributed by atoms with Crippen LogP contribution in [0.2, 0.25) is 0 Å². The molecule has 3 unspecified atom stereocenters. The Hall–Kier alpha value is -0.760. The fraction of sp³-hybridized carbons (Fsp3) is 0.960. The molecule has 0 spiro atoms. The van der Waals surface area contributed by atoms with Gasteiger partial charge < -0.3 is 28.8 Å². The van der Waals surface area contributed by atoms with Crippen molar-refractivity contribution in [2.75, 3.05) is 40.9 Å². The van der Waals surface area contributed by atoms with E-state index in [1.807, 2.05) is 27.2 Å². The number of amides is 1. The van der Waals surface area contributed by atoms with Crippen LogP contribution in [0.15, 0.2) is 12.2 Å². The van der Waals surface area contributed by atoms with Gasteiger partial charge in [-0.15, -0.1) is 0 Å². The number of hydrogen-bond donors (Lipinski definition) is 2. The fourth-order valence-electron chi connectivity index (χ4n) is 12.1. The number of hydrogen-bond acceptors (Lipinski definition) is 6. The molecule has 0 fully saturated rings. The number of nitrogens with one attached hydrogen (secondary N) is 1. The Bertz CT molecular complexity index is 1370. The molecule has 502 valence electrons. The molecule has 9 heteroatoms. The Morgan fingerprint density at radius 2 is 0.643 bits per heavy atom. The number of aliphatic hydroxyl groups is 1. The minimum Gasteiger partial charge on any atom is -0.756 e. The number of likely N-dealkylation sites (N-methyl/N-ethyl adjacent to an activating group) is 1. The summed E-state index contributed by atoms with van der Waals surface area (Å²) in [5.74, 6) is -0.186. The molecule has 1 amide bonds. The van der Waals surface area contributed by atoms with E-state index in [1.54, 1.807) is 6.08 Å². The third-order valence-corrected chi connectivity index (χ3v) is 19.0. The summed E-state index contributed by atoms with van der Waals surface area (Å²) >= 11 is 0. The predicted octanol–water partition coefficient (Wildman–Crippen LogP) is 23.8. The lowest BCUT2D eigenvalue weighted by Gasteiger charge is -2.29. The van der Waals surface area contributed by atoms with E-state index in [4.69, 9.17) is 9.05 Å². The lowest BCUT2D eigenvalue weighted by molar-refractivity contribution is -0.870. The minimum atomic E-state index is -4.60. The zero-order valence-corrected chi connectivity index (χ0v) is 58.5. The van der Waals surface area contributed by atoms with Crippen molar-refractivity contribution >= 4 is 13.7 Å². The first-order valence-electron chi connectivity index (χ1n) is 38.1. The van der Waals surface area contributed by atoms with Crippen LogP contribution in [0.25, 0.3) is 0 Å². The topological polar surface area (TPSA) is 108 Å². The third kappa shape index (κ3) is 68.7. The molecule has 0 saturated heterocycles. The molecule has 0 rings (SSSR count). The Morgan fingerprint density at radius 1 is 0.405 bits per heavy atom. The largest absolute Gasteiger partial charge is 0.756 e. The van der Waals surface area contributed by atoms with Crippen molar-refractivity contribution in [3.63, 3.8) is 0 Å². The van der Waals surface area contributed by atoms with E-state index in [2.05, 4.69) is 19.2 Å². The van der Waals surface area contributed by atoms with Crippen LogP contribution in [-0.2, 0) is 18.4 Å². The van der Waals surface area contributed by atoms with Gasteiger partial charge in [0.25, 0.3) is 7.82 Å². The van der Waals surface area contributed by atoms with Crippen LogP contribution >= 0.6 is 7.82 Å². The molecular formula is C75H151N2O6P. The maximum atomic E-state index is 13.1. The van der Waals surface area contributed by atoms with Gasteiger partial charge in [-0.1, -0.05) is 398 Å². The highest BCUT2D eigenvalue weighted by Gasteiger charge is 2.23. The zero-order valence-electron chi connectivity index (χ0n) is 57.7. The van der Waals surface area contributed by atoms with E-state index in [0.717, 1.165) is 38.5 Å². The van der Waals surface area contributed by atoms with Gasteiger partial charge in [-0.05, 0) is 19.3 Å². The molecular weight excluding hydrogens is 1060 g/mol. The molecule has 0 aromatic rings. The van der Waals surface area contributed by atoms with Gasteiger partial charge in [0.2, 0.25) is 5.91 Å². The summed E-state index contributed by atoms with van der Waals surface area (Å²) in [6.07, 6.45) is 86.5. The van der Waals surface area contributed by atoms with E-state index in [0.29, 0.717) is 17.4 Å². The summed E-state index contributed by atoms with van der Waals surface area (Å²) in [5.41, 5.74) is 0. The molecule has 8 nitrogen and oxygen atoms in total. The van der Waals surface area contributed by atoms with Crippen molar-refractivity contribution in [1.29, 1.82) is 0 Å². The molecule has 0 aliphatic rings. The van der Waals surface area contributed by atoms with E-state index in [-0.39, 0.29) is 19.1 Å². The van der Waals surface area contributed by atoms with Crippen LogP contribution in [0.5, 0.6) is 0 Å². The smallest absolute Gasteiger partial charge is 0.268 e. The average molecular weight is 1210 g/mol. The normalized spacial score (nSPS) is 13.6. The summed E-state index contributed by atoms with van der Waals surface area (Å²) in [5, 5.41) is 14.0. The molecule has 0 aromatic carbocycles. The third-order valence-electron chi connectivity index (χ3n) is 18.0. The van der Waals surface area contributed by atoms with Crippen molar-refractivity contribution in [2.45, 2.75) is 424 Å². The summed E-state index contributed by atoms with van der Waals surface area (Å²) in [6, 6.07) is -0.884. The average Bonchev–Trinajstić information content (AvgIpc) is 3.56. The van der Waals surface area contributed by atoms with Crippen LogP contribution < -0.4 is 10.2 Å². The monoisotopic (exact) mass is 1210 g/mol. The molecule has 2 N–H and O–H groups in total. The van der Waals surface area contributed by atoms with E-state index >= 15 is 0 Å². The van der Waals surface area contributed by atoms with Crippen molar-refractivity contribution in [2.24, 2.45) is 0 Å². The summed E-state index contributed by atoms with van der Waals surface area (Å²) < 4.78 is 23.5. The van der Waals surface area contributed by atoms with Gasteiger partial charge in [0.1, 0.15) is 13.2 Å². The number of unbranched alkanes of at least 4 members (excludes halogenated alkanes) is 59. The molecule has 0 aliphatic heterocycles. The summed E-state index contributed by atoms with van der Waals surface area (Å²) in [4.78, 5) is 25.7. The first-order valence-corrected chi connectivity index (χ1v) is 39.5. The fourth-order valence-corrected chi connectivity index (χ4v) is 12.8. The van der Waals surface area contributed by atoms with Gasteiger partial charge in [-0.3, -0.25) is 9.36 Å². The maximum Gasteiger partial charge on any atom is 0.268 e. The first-order chi connectivity index (χ1) is 41.0. The molecule has 84 heavy (non-hydrogen) atoms. The second-order valence-corrected chi connectivity index (χ2v) is 29.1. The quantitative estimate of drug-likeness (QED) is 0.0272. The number of phosphoric ester groups is 1. The number of allylic oxidation sites excluding steroid dienone is 1. The predicted molar refractivity (Wildman–Crippen MR) is 367 cm³/mol. The summed E-state index contributed by atoms with van der Waals surface area (Å²) in [7, 11) is 1.29. The SMILES string of the molecule is CCCCCCCCCCCCCCCCCCCCCCCCCCCCCCC/C=C/C(O)C(COP(=O)([O-])OCC[N+](C)(C)C)NC(=O)CCCCCCCCCCCCCCCCCCCCCCCCCCCCCCCCC. The van der Waals surface area contributed by atoms with Gasteiger partial charge in [0, 0.05) is 6.42 Å². The summed E-state index contributed by atoms with van der Waals surface area (Å²) in [6.45, 7) is 4.73. The number of rotatable bonds is 72. The van der Waals surface area contributed by atoms with Crippen LogP contribution in [-0.4, -0.2) is 68.5 Å². The van der Waals surface area contributed by atoms with Crippen LogP contribution in [0, 0.1) is 0 Å². The maximum absolute atomic E-state index is 13.1. The van der Waals surface area contributed by atoms with Crippen LogP contribution in [0.3, 0.4) is 0 Å². The van der Waals surface area contributed by atoms with E-state index < -0.39 is 20.0 Å². The number of quaternary nitrogens is 1. The first kappa shape index (κ1) is 83.2. The second kappa shape index (κ2) is 66.7. The van der Waals surface area contributed by atoms with Crippen molar-refractivity contribution in [3.8, 4) is 0 Å². The molecule has 0 bridgehead atoms. The highest BCUT2D eigenvalue weighted by Crippen LogP contribution is 2.38. The van der Waals surface area contributed by atoms with Crippen molar-refractivity contribution in [3.05, 3.63) is 12.2 Å². The molecule has 0 radical (unpaired) electrons. The molecule has 0 heterocycles. The highest BCUT2D eigenvalue weighted by atomic mass is 31.2. The second-order valence-electron chi connectivity index (χ2n) is 27.7.